The van der Waals surface area contributed by atoms with E-state index in [2.05, 4.69) is 25.2 Å². The molecule has 0 amide bonds. The Bertz CT molecular complexity index is 1740. The van der Waals surface area contributed by atoms with Gasteiger partial charge in [0.05, 0.1) is 0 Å². The Morgan fingerprint density at radius 1 is 0.816 bits per heavy atom. The molecule has 38 heavy (non-hydrogen) atoms. The number of fused-ring (bicyclic) bond motifs is 1. The Hall–Kier alpha value is -4.21. The second-order valence-electron chi connectivity index (χ2n) is 9.89. The van der Waals surface area contributed by atoms with Gasteiger partial charge in [-0.05, 0) is 56.2 Å². The van der Waals surface area contributed by atoms with Crippen molar-refractivity contribution in [3.63, 3.8) is 0 Å². The van der Waals surface area contributed by atoms with Gasteiger partial charge in [0, 0.05) is 40.0 Å². The minimum Gasteiger partial charge on any atom is -0.338 e. The lowest BCUT2D eigenvalue weighted by molar-refractivity contribution is 0.491. The molecule has 0 saturated heterocycles. The summed E-state index contributed by atoms with van der Waals surface area (Å²) < 4.78 is 42.6. The van der Waals surface area contributed by atoms with E-state index in [1.165, 1.54) is 18.3 Å². The number of anilines is 2. The quantitative estimate of drug-likeness (QED) is 0.268. The molecular weight excluding hydrogens is 501 g/mol. The van der Waals surface area contributed by atoms with E-state index in [0.29, 0.717) is 22.8 Å². The summed E-state index contributed by atoms with van der Waals surface area (Å²) in [7, 11) is -3.81. The molecule has 5 rings (SSSR count). The maximum absolute atomic E-state index is 13.9. The molecule has 0 radical (unpaired) electrons. The topological polar surface area (TPSA) is 96.9 Å². The summed E-state index contributed by atoms with van der Waals surface area (Å²) >= 11 is 0. The van der Waals surface area contributed by atoms with Crippen molar-refractivity contribution < 1.29 is 12.8 Å². The van der Waals surface area contributed by atoms with E-state index in [4.69, 9.17) is 0 Å². The number of nitrogens with zero attached hydrogens (tertiary/aromatic N) is 3. The maximum Gasteiger partial charge on any atom is 0.242 e. The zero-order valence-electron chi connectivity index (χ0n) is 21.1. The Labute approximate surface area is 220 Å². The molecule has 2 aromatic heterocycles. The van der Waals surface area contributed by atoms with Crippen molar-refractivity contribution in [2.45, 2.75) is 31.2 Å². The van der Waals surface area contributed by atoms with Crippen LogP contribution in [0.3, 0.4) is 0 Å². The van der Waals surface area contributed by atoms with E-state index in [1.807, 2.05) is 48.5 Å². The van der Waals surface area contributed by atoms with Crippen LogP contribution in [0.2, 0.25) is 0 Å². The summed E-state index contributed by atoms with van der Waals surface area (Å²) in [5, 5.41) is 13.6. The number of hydrogen-bond donors (Lipinski definition) is 2. The summed E-state index contributed by atoms with van der Waals surface area (Å²) in [5.41, 5.74) is 2.70. The van der Waals surface area contributed by atoms with Crippen LogP contribution in [-0.2, 0) is 10.0 Å². The molecule has 0 unspecified atom stereocenters. The number of aromatic nitrogens is 3. The van der Waals surface area contributed by atoms with Crippen LogP contribution in [0, 0.1) is 5.82 Å². The largest absolute Gasteiger partial charge is 0.338 e. The van der Waals surface area contributed by atoms with E-state index in [-0.39, 0.29) is 10.7 Å². The first-order valence-electron chi connectivity index (χ1n) is 12.0. The van der Waals surface area contributed by atoms with E-state index >= 15 is 0 Å². The second kappa shape index (κ2) is 9.92. The van der Waals surface area contributed by atoms with Gasteiger partial charge in [0.15, 0.2) is 5.82 Å². The van der Waals surface area contributed by atoms with Gasteiger partial charge in [-0.15, -0.1) is 10.2 Å². The highest BCUT2D eigenvalue weighted by Gasteiger charge is 2.24. The fourth-order valence-corrected chi connectivity index (χ4v) is 5.63. The summed E-state index contributed by atoms with van der Waals surface area (Å²) in [6, 6.07) is 23.3. The first kappa shape index (κ1) is 25.4. The molecule has 2 heterocycles. The summed E-state index contributed by atoms with van der Waals surface area (Å²) in [4.78, 5) is 4.23. The van der Waals surface area contributed by atoms with Crippen LogP contribution in [0.15, 0.2) is 96.2 Å². The first-order valence-corrected chi connectivity index (χ1v) is 13.5. The third-order valence-electron chi connectivity index (χ3n) is 5.72. The number of halogens is 1. The second-order valence-corrected chi connectivity index (χ2v) is 11.6. The van der Waals surface area contributed by atoms with Crippen LogP contribution in [0.5, 0.6) is 0 Å². The van der Waals surface area contributed by atoms with E-state index in [0.717, 1.165) is 21.9 Å². The Morgan fingerprint density at radius 2 is 1.58 bits per heavy atom. The minimum atomic E-state index is -3.81. The molecule has 0 spiro atoms. The van der Waals surface area contributed by atoms with E-state index in [1.54, 1.807) is 45.2 Å². The zero-order chi connectivity index (χ0) is 26.9. The molecule has 0 aliphatic carbocycles. The zero-order valence-corrected chi connectivity index (χ0v) is 21.9. The molecule has 192 valence electrons. The van der Waals surface area contributed by atoms with Gasteiger partial charge < -0.3 is 5.32 Å². The van der Waals surface area contributed by atoms with Crippen LogP contribution < -0.4 is 10.0 Å². The third kappa shape index (κ3) is 5.39. The molecule has 3 aromatic carbocycles. The molecule has 0 atom stereocenters. The lowest BCUT2D eigenvalue weighted by Crippen LogP contribution is -2.40. The maximum atomic E-state index is 13.9. The predicted octanol–water partition coefficient (Wildman–Crippen LogP) is 6.32. The highest BCUT2D eigenvalue weighted by atomic mass is 32.2. The molecular formula is C29H26FN5O2S. The van der Waals surface area contributed by atoms with Gasteiger partial charge >= 0.3 is 0 Å². The van der Waals surface area contributed by atoms with Crippen LogP contribution in [0.1, 0.15) is 20.8 Å². The molecule has 9 heteroatoms. The van der Waals surface area contributed by atoms with Crippen molar-refractivity contribution in [3.05, 3.63) is 97.1 Å². The fraction of sp³-hybridized carbons (Fsp3) is 0.138. The van der Waals surface area contributed by atoms with Gasteiger partial charge in [-0.1, -0.05) is 54.6 Å². The number of pyridine rings is 1. The Balaban J connectivity index is 1.71. The monoisotopic (exact) mass is 527 g/mol. The van der Waals surface area contributed by atoms with E-state index in [9.17, 15) is 12.8 Å². The van der Waals surface area contributed by atoms with Crippen LogP contribution in [-0.4, -0.2) is 29.1 Å². The molecule has 7 nitrogen and oxygen atoms in total. The number of benzene rings is 3. The van der Waals surface area contributed by atoms with E-state index < -0.39 is 15.6 Å². The number of hydrogen-bond acceptors (Lipinski definition) is 6. The molecule has 0 fully saturated rings. The SMILES string of the molecule is CC(C)(C)NS(=O)(=O)c1cncc(-c2nnc(Nc3cccc(F)c3)c3c(-c4ccccc4)cccc23)c1. The van der Waals surface area contributed by atoms with Crippen molar-refractivity contribution in [1.29, 1.82) is 0 Å². The van der Waals surface area contributed by atoms with Gasteiger partial charge in [-0.3, -0.25) is 4.98 Å². The summed E-state index contributed by atoms with van der Waals surface area (Å²) in [5.74, 6) is 0.0695. The van der Waals surface area contributed by atoms with Crippen molar-refractivity contribution in [2.24, 2.45) is 0 Å². The van der Waals surface area contributed by atoms with Crippen LogP contribution in [0.25, 0.3) is 33.2 Å². The fourth-order valence-electron chi connectivity index (χ4n) is 4.23. The van der Waals surface area contributed by atoms with Crippen molar-refractivity contribution in [1.82, 2.24) is 19.9 Å². The third-order valence-corrected chi connectivity index (χ3v) is 7.44. The molecule has 5 aromatic rings. The molecule has 0 aliphatic rings. The van der Waals surface area contributed by atoms with Crippen LogP contribution >= 0.6 is 0 Å². The van der Waals surface area contributed by atoms with Crippen molar-refractivity contribution >= 4 is 32.3 Å². The van der Waals surface area contributed by atoms with Gasteiger partial charge in [-0.25, -0.2) is 17.5 Å². The summed E-state index contributed by atoms with van der Waals surface area (Å²) in [6.07, 6.45) is 2.87. The number of nitrogens with one attached hydrogen (secondary N) is 2. The van der Waals surface area contributed by atoms with Gasteiger partial charge in [0.2, 0.25) is 10.0 Å². The molecule has 2 N–H and O–H groups in total. The van der Waals surface area contributed by atoms with Gasteiger partial charge in [-0.2, -0.15) is 0 Å². The lowest BCUT2D eigenvalue weighted by atomic mass is 9.96. The summed E-state index contributed by atoms with van der Waals surface area (Å²) in [6.45, 7) is 5.32. The first-order chi connectivity index (χ1) is 18.1. The average molecular weight is 528 g/mol. The smallest absolute Gasteiger partial charge is 0.242 e. The Kier molecular flexibility index (Phi) is 6.64. The molecule has 0 saturated carbocycles. The molecule has 0 bridgehead atoms. The number of rotatable bonds is 6. The minimum absolute atomic E-state index is 0.0288. The average Bonchev–Trinajstić information content (AvgIpc) is 2.88. The highest BCUT2D eigenvalue weighted by Crippen LogP contribution is 2.38. The van der Waals surface area contributed by atoms with Gasteiger partial charge in [0.25, 0.3) is 0 Å². The van der Waals surface area contributed by atoms with Crippen molar-refractivity contribution in [2.75, 3.05) is 5.32 Å². The standard InChI is InChI=1S/C29H26FN5O2S/c1-29(2,3)35-38(36,37)23-15-20(17-31-18-23)27-25-14-8-13-24(19-9-5-4-6-10-19)26(25)28(34-33-27)32-22-12-7-11-21(30)16-22/h4-18,35H,1-3H3,(H,32,34). The van der Waals surface area contributed by atoms with Gasteiger partial charge in [0.1, 0.15) is 16.4 Å². The lowest BCUT2D eigenvalue weighted by Gasteiger charge is -2.20. The molecule has 0 aliphatic heterocycles. The van der Waals surface area contributed by atoms with Crippen LogP contribution in [0.4, 0.5) is 15.9 Å². The predicted molar refractivity (Wildman–Crippen MR) is 148 cm³/mol. The highest BCUT2D eigenvalue weighted by molar-refractivity contribution is 7.89. The normalized spacial score (nSPS) is 12.0. The Morgan fingerprint density at radius 3 is 2.32 bits per heavy atom. The number of sulfonamides is 1. The van der Waals surface area contributed by atoms with Crippen molar-refractivity contribution in [3.8, 4) is 22.4 Å².